The highest BCUT2D eigenvalue weighted by Gasteiger charge is 2.28. The van der Waals surface area contributed by atoms with Crippen molar-refractivity contribution in [3.05, 3.63) is 27.8 Å². The number of nitrogens with one attached hydrogen (secondary N) is 1. The van der Waals surface area contributed by atoms with Crippen molar-refractivity contribution in [1.29, 1.82) is 0 Å². The Morgan fingerprint density at radius 3 is 2.40 bits per heavy atom. The van der Waals surface area contributed by atoms with Crippen LogP contribution in [-0.4, -0.2) is 38.9 Å². The Morgan fingerprint density at radius 2 is 1.85 bits per heavy atom. The number of nitrogens with zero attached hydrogens (tertiary/aromatic N) is 1. The van der Waals surface area contributed by atoms with Crippen molar-refractivity contribution in [2.75, 3.05) is 26.2 Å². The highest BCUT2D eigenvalue weighted by Crippen LogP contribution is 2.23. The van der Waals surface area contributed by atoms with E-state index < -0.39 is 10.0 Å². The van der Waals surface area contributed by atoms with Gasteiger partial charge in [0, 0.05) is 16.7 Å². The third kappa shape index (κ3) is 3.93. The highest BCUT2D eigenvalue weighted by atomic mass is 127. The summed E-state index contributed by atoms with van der Waals surface area (Å²) in [5, 5.41) is 3.34. The molecule has 20 heavy (non-hydrogen) atoms. The van der Waals surface area contributed by atoms with Crippen LogP contribution in [0.1, 0.15) is 19.8 Å². The van der Waals surface area contributed by atoms with E-state index in [0.717, 1.165) is 29.5 Å². The summed E-state index contributed by atoms with van der Waals surface area (Å²) in [6.07, 6.45) is 1.88. The normalized spacial score (nSPS) is 18.3. The molecule has 0 atom stereocenters. The first-order valence-electron chi connectivity index (χ1n) is 7.00. The SMILES string of the molecule is CCNCC1CCN(S(=O)(=O)c2ccc(I)cc2)CC1. The van der Waals surface area contributed by atoms with E-state index in [0.29, 0.717) is 23.9 Å². The summed E-state index contributed by atoms with van der Waals surface area (Å²) in [5.41, 5.74) is 0. The van der Waals surface area contributed by atoms with Gasteiger partial charge in [-0.1, -0.05) is 6.92 Å². The second-order valence-electron chi connectivity index (χ2n) is 5.11. The van der Waals surface area contributed by atoms with Gasteiger partial charge in [-0.05, 0) is 78.7 Å². The Balaban J connectivity index is 2.00. The maximum Gasteiger partial charge on any atom is 0.243 e. The number of sulfonamides is 1. The molecule has 0 aliphatic carbocycles. The van der Waals surface area contributed by atoms with Crippen LogP contribution in [0.3, 0.4) is 0 Å². The minimum atomic E-state index is -3.31. The average Bonchev–Trinajstić information content (AvgIpc) is 2.46. The standard InChI is InChI=1S/C14H21IN2O2S/c1-2-16-11-12-7-9-17(10-8-12)20(18,19)14-5-3-13(15)4-6-14/h3-6,12,16H,2,7-11H2,1H3. The Kier molecular flexibility index (Phi) is 5.83. The van der Waals surface area contributed by atoms with E-state index in [1.165, 1.54) is 0 Å². The van der Waals surface area contributed by atoms with E-state index in [2.05, 4.69) is 34.8 Å². The molecule has 0 unspecified atom stereocenters. The minimum Gasteiger partial charge on any atom is -0.317 e. The van der Waals surface area contributed by atoms with Crippen molar-refractivity contribution < 1.29 is 8.42 Å². The fourth-order valence-corrected chi connectivity index (χ4v) is 4.29. The average molecular weight is 408 g/mol. The van der Waals surface area contributed by atoms with Crippen molar-refractivity contribution in [3.63, 3.8) is 0 Å². The maximum absolute atomic E-state index is 12.5. The largest absolute Gasteiger partial charge is 0.317 e. The number of hydrogen-bond donors (Lipinski definition) is 1. The van der Waals surface area contributed by atoms with E-state index in [4.69, 9.17) is 0 Å². The van der Waals surface area contributed by atoms with Crippen molar-refractivity contribution >= 4 is 32.6 Å². The first-order valence-corrected chi connectivity index (χ1v) is 9.52. The molecule has 4 nitrogen and oxygen atoms in total. The van der Waals surface area contributed by atoms with Crippen LogP contribution in [0.2, 0.25) is 0 Å². The lowest BCUT2D eigenvalue weighted by Crippen LogP contribution is -2.40. The number of benzene rings is 1. The molecule has 0 saturated carbocycles. The number of rotatable bonds is 5. The fourth-order valence-electron chi connectivity index (χ4n) is 2.46. The second-order valence-corrected chi connectivity index (χ2v) is 8.29. The molecule has 1 saturated heterocycles. The molecule has 1 fully saturated rings. The Hall–Kier alpha value is -0.180. The lowest BCUT2D eigenvalue weighted by molar-refractivity contribution is 0.268. The van der Waals surface area contributed by atoms with Gasteiger partial charge in [0.1, 0.15) is 0 Å². The van der Waals surface area contributed by atoms with Crippen LogP contribution in [0.25, 0.3) is 0 Å². The smallest absolute Gasteiger partial charge is 0.243 e. The zero-order chi connectivity index (χ0) is 14.6. The molecule has 0 aromatic heterocycles. The molecule has 1 aromatic rings. The predicted molar refractivity (Wildman–Crippen MR) is 89.2 cm³/mol. The van der Waals surface area contributed by atoms with Crippen molar-refractivity contribution in [2.45, 2.75) is 24.7 Å². The number of halogens is 1. The highest BCUT2D eigenvalue weighted by molar-refractivity contribution is 14.1. The predicted octanol–water partition coefficient (Wildman–Crippen LogP) is 2.30. The van der Waals surface area contributed by atoms with Crippen LogP contribution in [0, 0.1) is 9.49 Å². The van der Waals surface area contributed by atoms with Gasteiger partial charge in [0.15, 0.2) is 0 Å². The second kappa shape index (κ2) is 7.20. The molecule has 0 amide bonds. The molecule has 1 aliphatic heterocycles. The Morgan fingerprint density at radius 1 is 1.25 bits per heavy atom. The zero-order valence-corrected chi connectivity index (χ0v) is 14.7. The zero-order valence-electron chi connectivity index (χ0n) is 11.7. The van der Waals surface area contributed by atoms with E-state index in [1.54, 1.807) is 16.4 Å². The summed E-state index contributed by atoms with van der Waals surface area (Å²) in [6, 6.07) is 7.07. The van der Waals surface area contributed by atoms with Gasteiger partial charge in [-0.3, -0.25) is 0 Å². The van der Waals surface area contributed by atoms with Crippen LogP contribution in [0.4, 0.5) is 0 Å². The first-order chi connectivity index (χ1) is 9.54. The quantitative estimate of drug-likeness (QED) is 0.761. The van der Waals surface area contributed by atoms with Gasteiger partial charge in [-0.25, -0.2) is 8.42 Å². The van der Waals surface area contributed by atoms with E-state index in [1.807, 2.05) is 12.1 Å². The Bertz CT molecular complexity index is 523. The van der Waals surface area contributed by atoms with E-state index >= 15 is 0 Å². The van der Waals surface area contributed by atoms with Crippen LogP contribution in [0.15, 0.2) is 29.2 Å². The molecular weight excluding hydrogens is 387 g/mol. The van der Waals surface area contributed by atoms with Crippen molar-refractivity contribution in [1.82, 2.24) is 9.62 Å². The van der Waals surface area contributed by atoms with E-state index in [9.17, 15) is 8.42 Å². The number of piperidine rings is 1. The lowest BCUT2D eigenvalue weighted by Gasteiger charge is -2.31. The van der Waals surface area contributed by atoms with Gasteiger partial charge in [0.05, 0.1) is 4.90 Å². The molecular formula is C14H21IN2O2S. The molecule has 0 bridgehead atoms. The molecule has 1 aliphatic rings. The third-order valence-electron chi connectivity index (χ3n) is 3.71. The van der Waals surface area contributed by atoms with Gasteiger partial charge < -0.3 is 5.32 Å². The monoisotopic (exact) mass is 408 g/mol. The maximum atomic E-state index is 12.5. The van der Waals surface area contributed by atoms with Gasteiger partial charge in [0.25, 0.3) is 0 Å². The van der Waals surface area contributed by atoms with Crippen LogP contribution >= 0.6 is 22.6 Å². The number of hydrogen-bond acceptors (Lipinski definition) is 3. The molecule has 1 N–H and O–H groups in total. The summed E-state index contributed by atoms with van der Waals surface area (Å²) in [5.74, 6) is 0.595. The third-order valence-corrected chi connectivity index (χ3v) is 6.34. The van der Waals surface area contributed by atoms with E-state index in [-0.39, 0.29) is 0 Å². The summed E-state index contributed by atoms with van der Waals surface area (Å²) < 4.78 is 27.7. The molecule has 1 aromatic carbocycles. The summed E-state index contributed by atoms with van der Waals surface area (Å²) in [4.78, 5) is 0.406. The summed E-state index contributed by atoms with van der Waals surface area (Å²) in [6.45, 7) is 5.32. The minimum absolute atomic E-state index is 0.406. The van der Waals surface area contributed by atoms with Crippen LogP contribution < -0.4 is 5.32 Å². The Labute approximate surface area is 135 Å². The molecule has 0 radical (unpaired) electrons. The summed E-state index contributed by atoms with van der Waals surface area (Å²) in [7, 11) is -3.31. The molecule has 6 heteroatoms. The van der Waals surface area contributed by atoms with Gasteiger partial charge in [-0.15, -0.1) is 0 Å². The fraction of sp³-hybridized carbons (Fsp3) is 0.571. The van der Waals surface area contributed by atoms with Gasteiger partial charge in [0.2, 0.25) is 10.0 Å². The molecule has 0 spiro atoms. The van der Waals surface area contributed by atoms with Crippen molar-refractivity contribution in [3.8, 4) is 0 Å². The van der Waals surface area contributed by atoms with Crippen LogP contribution in [0.5, 0.6) is 0 Å². The molecule has 2 rings (SSSR count). The summed E-state index contributed by atoms with van der Waals surface area (Å²) >= 11 is 2.18. The topological polar surface area (TPSA) is 49.4 Å². The van der Waals surface area contributed by atoms with Gasteiger partial charge >= 0.3 is 0 Å². The van der Waals surface area contributed by atoms with Crippen LogP contribution in [-0.2, 0) is 10.0 Å². The molecule has 112 valence electrons. The van der Waals surface area contributed by atoms with Gasteiger partial charge in [-0.2, -0.15) is 4.31 Å². The lowest BCUT2D eigenvalue weighted by atomic mass is 9.98. The first kappa shape index (κ1) is 16.2. The molecule has 1 heterocycles. The van der Waals surface area contributed by atoms with Crippen molar-refractivity contribution in [2.24, 2.45) is 5.92 Å².